The molecule has 1 aromatic rings. The smallest absolute Gasteiger partial charge is 0.253 e. The van der Waals surface area contributed by atoms with Crippen molar-refractivity contribution < 1.29 is 4.79 Å². The van der Waals surface area contributed by atoms with E-state index in [9.17, 15) is 4.79 Å². The molecule has 2 heteroatoms. The van der Waals surface area contributed by atoms with E-state index in [0.29, 0.717) is 0 Å². The molecule has 2 nitrogen and oxygen atoms in total. The maximum absolute atomic E-state index is 11.9. The predicted molar refractivity (Wildman–Crippen MR) is 76.5 cm³/mol. The van der Waals surface area contributed by atoms with Crippen molar-refractivity contribution in [2.24, 2.45) is 0 Å². The molecule has 0 radical (unpaired) electrons. The monoisotopic (exact) mass is 237 g/mol. The molecule has 0 heterocycles. The summed E-state index contributed by atoms with van der Waals surface area (Å²) in [5.41, 5.74) is 2.06. The van der Waals surface area contributed by atoms with Crippen LogP contribution in [-0.2, 0) is 6.42 Å². The molecule has 0 aliphatic heterocycles. The zero-order chi connectivity index (χ0) is 11.3. The predicted octanol–water partition coefficient (Wildman–Crippen LogP) is 4.00. The van der Waals surface area contributed by atoms with Crippen LogP contribution in [0.4, 0.5) is 0 Å². The molecule has 1 rings (SSSR count). The Labute approximate surface area is 107 Å². The normalized spacial score (nSPS) is 8.88. The van der Waals surface area contributed by atoms with Gasteiger partial charge in [0.15, 0.2) is 0 Å². The largest absolute Gasteiger partial charge is 0.339 e. The molecule has 1 amide bonds. The van der Waals surface area contributed by atoms with Gasteiger partial charge in [0.05, 0.1) is 0 Å². The number of hydrogen-bond donors (Lipinski definition) is 0. The Morgan fingerprint density at radius 3 is 1.82 bits per heavy atom. The van der Waals surface area contributed by atoms with Crippen LogP contribution >= 0.6 is 0 Å². The lowest BCUT2D eigenvalue weighted by atomic mass is 10.1. The molecular weight excluding hydrogens is 210 g/mol. The third-order valence-electron chi connectivity index (χ3n) is 2.66. The van der Waals surface area contributed by atoms with Crippen LogP contribution in [0.3, 0.4) is 0 Å². The van der Waals surface area contributed by atoms with Crippen LogP contribution in [0.15, 0.2) is 24.3 Å². The Morgan fingerprint density at radius 2 is 1.47 bits per heavy atom. The van der Waals surface area contributed by atoms with Crippen molar-refractivity contribution in [1.29, 1.82) is 0 Å². The summed E-state index contributed by atoms with van der Waals surface area (Å²) in [6, 6.07) is 7.88. The van der Waals surface area contributed by atoms with E-state index < -0.39 is 0 Å². The Kier molecular flexibility index (Phi) is 9.35. The van der Waals surface area contributed by atoms with Gasteiger partial charge in [0.25, 0.3) is 5.91 Å². The van der Waals surface area contributed by atoms with Crippen LogP contribution < -0.4 is 0 Å². The molecular formula is C15H27NO. The lowest BCUT2D eigenvalue weighted by Crippen LogP contribution is -2.30. The first-order valence-corrected chi connectivity index (χ1v) is 5.61. The van der Waals surface area contributed by atoms with Gasteiger partial charge in [0.2, 0.25) is 0 Å². The maximum atomic E-state index is 11.9. The topological polar surface area (TPSA) is 20.3 Å². The lowest BCUT2D eigenvalue weighted by molar-refractivity contribution is 0.0773. The number of aryl methyl sites for hydroxylation is 1. The van der Waals surface area contributed by atoms with Gasteiger partial charge in [-0.25, -0.2) is 0 Å². The molecule has 0 saturated heterocycles. The summed E-state index contributed by atoms with van der Waals surface area (Å²) in [4.78, 5) is 13.8. The SMILES string of the molecule is C.C.CCc1ccc(C(=O)N(CC)CC)cc1. The summed E-state index contributed by atoms with van der Waals surface area (Å²) in [7, 11) is 0. The minimum atomic E-state index is 0. The molecule has 0 saturated carbocycles. The van der Waals surface area contributed by atoms with Crippen LogP contribution in [0.25, 0.3) is 0 Å². The van der Waals surface area contributed by atoms with Gasteiger partial charge in [-0.15, -0.1) is 0 Å². The fourth-order valence-corrected chi connectivity index (χ4v) is 1.58. The van der Waals surface area contributed by atoms with E-state index in [0.717, 1.165) is 25.1 Å². The first-order chi connectivity index (χ1) is 7.22. The van der Waals surface area contributed by atoms with Crippen molar-refractivity contribution in [3.05, 3.63) is 35.4 Å². The average molecular weight is 237 g/mol. The molecule has 0 fully saturated rings. The number of carbonyl (C=O) groups is 1. The van der Waals surface area contributed by atoms with Gasteiger partial charge in [0.1, 0.15) is 0 Å². The molecule has 0 aliphatic rings. The molecule has 17 heavy (non-hydrogen) atoms. The van der Waals surface area contributed by atoms with Crippen LogP contribution in [0.1, 0.15) is 51.5 Å². The van der Waals surface area contributed by atoms with Crippen molar-refractivity contribution in [2.75, 3.05) is 13.1 Å². The van der Waals surface area contributed by atoms with Crippen LogP contribution in [0.2, 0.25) is 0 Å². The summed E-state index contributed by atoms with van der Waals surface area (Å²) >= 11 is 0. The highest BCUT2D eigenvalue weighted by molar-refractivity contribution is 5.94. The fourth-order valence-electron chi connectivity index (χ4n) is 1.58. The molecule has 1 aromatic carbocycles. The van der Waals surface area contributed by atoms with Crippen LogP contribution in [0, 0.1) is 0 Å². The molecule has 0 bridgehead atoms. The third kappa shape index (κ3) is 4.59. The molecule has 98 valence electrons. The first-order valence-electron chi connectivity index (χ1n) is 5.61. The van der Waals surface area contributed by atoms with Gasteiger partial charge in [-0.2, -0.15) is 0 Å². The van der Waals surface area contributed by atoms with E-state index in [-0.39, 0.29) is 20.8 Å². The number of benzene rings is 1. The fraction of sp³-hybridized carbons (Fsp3) is 0.533. The summed E-state index contributed by atoms with van der Waals surface area (Å²) in [6.45, 7) is 7.65. The molecule has 0 N–H and O–H groups in total. The maximum Gasteiger partial charge on any atom is 0.253 e. The quantitative estimate of drug-likeness (QED) is 0.775. The molecule has 0 spiro atoms. The molecule has 0 aromatic heterocycles. The van der Waals surface area contributed by atoms with Crippen LogP contribution in [-0.4, -0.2) is 23.9 Å². The highest BCUT2D eigenvalue weighted by atomic mass is 16.2. The van der Waals surface area contributed by atoms with Gasteiger partial charge in [-0.3, -0.25) is 4.79 Å². The second kappa shape index (κ2) is 8.80. The van der Waals surface area contributed by atoms with Crippen LogP contribution in [0.5, 0.6) is 0 Å². The molecule has 0 atom stereocenters. The van der Waals surface area contributed by atoms with Crippen molar-refractivity contribution in [3.8, 4) is 0 Å². The number of hydrogen-bond acceptors (Lipinski definition) is 1. The van der Waals surface area contributed by atoms with Gasteiger partial charge in [0, 0.05) is 18.7 Å². The van der Waals surface area contributed by atoms with Gasteiger partial charge >= 0.3 is 0 Å². The second-order valence-corrected chi connectivity index (χ2v) is 3.53. The van der Waals surface area contributed by atoms with E-state index in [1.807, 2.05) is 43.0 Å². The van der Waals surface area contributed by atoms with Crippen molar-refractivity contribution in [1.82, 2.24) is 4.90 Å². The van der Waals surface area contributed by atoms with Gasteiger partial charge in [-0.05, 0) is 38.0 Å². The average Bonchev–Trinajstić information content (AvgIpc) is 2.30. The summed E-state index contributed by atoms with van der Waals surface area (Å²) < 4.78 is 0. The first kappa shape index (κ1) is 18.1. The Bertz CT molecular complexity index is 312. The highest BCUT2D eigenvalue weighted by Gasteiger charge is 2.11. The minimum absolute atomic E-state index is 0. The van der Waals surface area contributed by atoms with Gasteiger partial charge < -0.3 is 4.90 Å². The van der Waals surface area contributed by atoms with E-state index in [4.69, 9.17) is 0 Å². The number of nitrogens with zero attached hydrogens (tertiary/aromatic N) is 1. The third-order valence-corrected chi connectivity index (χ3v) is 2.66. The van der Waals surface area contributed by atoms with E-state index in [1.54, 1.807) is 0 Å². The van der Waals surface area contributed by atoms with Crippen molar-refractivity contribution in [2.45, 2.75) is 42.0 Å². The Balaban J connectivity index is 0. The summed E-state index contributed by atoms with van der Waals surface area (Å²) in [5, 5.41) is 0. The lowest BCUT2D eigenvalue weighted by Gasteiger charge is -2.18. The molecule has 0 unspecified atom stereocenters. The van der Waals surface area contributed by atoms with Gasteiger partial charge in [-0.1, -0.05) is 33.9 Å². The van der Waals surface area contributed by atoms with Crippen molar-refractivity contribution in [3.63, 3.8) is 0 Å². The Hall–Kier alpha value is -1.31. The molecule has 0 aliphatic carbocycles. The summed E-state index contributed by atoms with van der Waals surface area (Å²) in [6.07, 6.45) is 1.01. The zero-order valence-corrected chi connectivity index (χ0v) is 9.79. The van der Waals surface area contributed by atoms with E-state index >= 15 is 0 Å². The zero-order valence-electron chi connectivity index (χ0n) is 9.79. The Morgan fingerprint density at radius 1 is 1.00 bits per heavy atom. The summed E-state index contributed by atoms with van der Waals surface area (Å²) in [5.74, 6) is 0.127. The van der Waals surface area contributed by atoms with E-state index in [1.165, 1.54) is 5.56 Å². The number of rotatable bonds is 4. The highest BCUT2D eigenvalue weighted by Crippen LogP contribution is 2.08. The second-order valence-electron chi connectivity index (χ2n) is 3.53. The number of carbonyl (C=O) groups excluding carboxylic acids is 1. The van der Waals surface area contributed by atoms with Crippen molar-refractivity contribution >= 4 is 5.91 Å². The van der Waals surface area contributed by atoms with E-state index in [2.05, 4.69) is 6.92 Å². The standard InChI is InChI=1S/C13H19NO.2CH4/c1-4-11-7-9-12(10-8-11)13(15)14(5-2)6-3;;/h7-10H,4-6H2,1-3H3;2*1H4. The number of amides is 1. The minimum Gasteiger partial charge on any atom is -0.339 e.